The molecule has 5 N–H and O–H groups in total. The van der Waals surface area contributed by atoms with Crippen molar-refractivity contribution < 1.29 is 4.79 Å². The number of hydrogen-bond donors (Lipinski definition) is 3. The molecule has 0 saturated carbocycles. The van der Waals surface area contributed by atoms with E-state index in [1.165, 1.54) is 17.1 Å². The predicted octanol–water partition coefficient (Wildman–Crippen LogP) is 0.823. The molecule has 31 heavy (non-hydrogen) atoms. The van der Waals surface area contributed by atoms with Gasteiger partial charge in [0, 0.05) is 36.9 Å². The molecule has 1 aromatic carbocycles. The largest absolute Gasteiger partial charge is 0.381 e. The third kappa shape index (κ3) is 3.25. The molecule has 2 aromatic heterocycles. The highest BCUT2D eigenvalue weighted by molar-refractivity contribution is 5.92. The van der Waals surface area contributed by atoms with Crippen LogP contribution < -0.4 is 21.7 Å². The monoisotopic (exact) mass is 415 g/mol. The van der Waals surface area contributed by atoms with Gasteiger partial charge in [-0.1, -0.05) is 6.07 Å². The van der Waals surface area contributed by atoms with Crippen molar-refractivity contribution in [2.75, 3.05) is 23.7 Å². The molecule has 2 aliphatic rings. The van der Waals surface area contributed by atoms with Crippen molar-refractivity contribution in [3.05, 3.63) is 47.9 Å². The SMILES string of the molecule is N#Cc1cc(-c2cnc(N)c(-n3cc(C(N)=O)cn3)n2)ccc1N1[C@@H]2CC[C@H]1CNC2. The molecular weight excluding hydrogens is 394 g/mol. The van der Waals surface area contributed by atoms with Crippen LogP contribution in [0.25, 0.3) is 17.1 Å². The lowest BCUT2D eigenvalue weighted by molar-refractivity contribution is 0.100. The van der Waals surface area contributed by atoms with Crippen LogP contribution in [0.5, 0.6) is 0 Å². The summed E-state index contributed by atoms with van der Waals surface area (Å²) >= 11 is 0. The smallest absolute Gasteiger partial charge is 0.251 e. The summed E-state index contributed by atoms with van der Waals surface area (Å²) in [5.41, 5.74) is 14.4. The number of rotatable bonds is 4. The van der Waals surface area contributed by atoms with E-state index >= 15 is 0 Å². The van der Waals surface area contributed by atoms with Gasteiger partial charge in [0.25, 0.3) is 5.91 Å². The van der Waals surface area contributed by atoms with Gasteiger partial charge in [0.05, 0.1) is 34.9 Å². The van der Waals surface area contributed by atoms with Gasteiger partial charge in [-0.15, -0.1) is 0 Å². The summed E-state index contributed by atoms with van der Waals surface area (Å²) in [6, 6.07) is 8.94. The molecule has 2 bridgehead atoms. The van der Waals surface area contributed by atoms with Crippen molar-refractivity contribution in [1.82, 2.24) is 25.1 Å². The number of hydrogen-bond acceptors (Lipinski definition) is 8. The van der Waals surface area contributed by atoms with Crippen LogP contribution in [0.15, 0.2) is 36.8 Å². The summed E-state index contributed by atoms with van der Waals surface area (Å²) in [5, 5.41) is 17.4. The molecule has 0 spiro atoms. The molecule has 1 amide bonds. The van der Waals surface area contributed by atoms with E-state index in [9.17, 15) is 10.1 Å². The van der Waals surface area contributed by atoms with E-state index in [4.69, 9.17) is 11.5 Å². The van der Waals surface area contributed by atoms with E-state index in [2.05, 4.69) is 31.4 Å². The lowest BCUT2D eigenvalue weighted by Gasteiger charge is -2.37. The molecule has 2 fully saturated rings. The Morgan fingerprint density at radius 1 is 1.23 bits per heavy atom. The van der Waals surface area contributed by atoms with Crippen LogP contribution in [0.4, 0.5) is 11.5 Å². The van der Waals surface area contributed by atoms with Crippen molar-refractivity contribution in [2.45, 2.75) is 24.9 Å². The molecule has 5 rings (SSSR count). The summed E-state index contributed by atoms with van der Waals surface area (Å²) < 4.78 is 1.37. The molecule has 2 saturated heterocycles. The Labute approximate surface area is 178 Å². The molecule has 10 nitrogen and oxygen atoms in total. The van der Waals surface area contributed by atoms with Crippen molar-refractivity contribution in [1.29, 1.82) is 5.26 Å². The third-order valence-electron chi connectivity index (χ3n) is 5.94. The second kappa shape index (κ2) is 7.37. The first-order chi connectivity index (χ1) is 15.0. The molecule has 0 radical (unpaired) electrons. The van der Waals surface area contributed by atoms with Crippen LogP contribution in [0, 0.1) is 11.3 Å². The van der Waals surface area contributed by atoms with E-state index in [1.54, 1.807) is 6.20 Å². The van der Waals surface area contributed by atoms with Crippen LogP contribution in [0.2, 0.25) is 0 Å². The average Bonchev–Trinajstić information content (AvgIpc) is 3.36. The Morgan fingerprint density at radius 3 is 2.68 bits per heavy atom. The normalized spacial score (nSPS) is 19.9. The van der Waals surface area contributed by atoms with Gasteiger partial charge in [0.2, 0.25) is 0 Å². The number of carbonyl (C=O) groups excluding carboxylic acids is 1. The van der Waals surface area contributed by atoms with Crippen molar-refractivity contribution in [3.8, 4) is 23.1 Å². The van der Waals surface area contributed by atoms with Crippen LogP contribution in [0.3, 0.4) is 0 Å². The number of carbonyl (C=O) groups is 1. The molecule has 0 unspecified atom stereocenters. The van der Waals surface area contributed by atoms with Gasteiger partial charge in [0.1, 0.15) is 6.07 Å². The lowest BCUT2D eigenvalue weighted by atomic mass is 10.0. The summed E-state index contributed by atoms with van der Waals surface area (Å²) in [5.74, 6) is -0.143. The van der Waals surface area contributed by atoms with Gasteiger partial charge in [-0.25, -0.2) is 14.6 Å². The Bertz CT molecular complexity index is 1200. The number of nitrogens with zero attached hydrogens (tertiary/aromatic N) is 6. The van der Waals surface area contributed by atoms with Crippen LogP contribution in [-0.4, -0.2) is 50.8 Å². The fraction of sp³-hybridized carbons (Fsp3) is 0.286. The second-order valence-electron chi connectivity index (χ2n) is 7.80. The summed E-state index contributed by atoms with van der Waals surface area (Å²) in [6.45, 7) is 1.88. The number of anilines is 2. The van der Waals surface area contributed by atoms with Crippen LogP contribution in [0.1, 0.15) is 28.8 Å². The number of nitriles is 1. The van der Waals surface area contributed by atoms with Crippen molar-refractivity contribution in [2.24, 2.45) is 5.73 Å². The van der Waals surface area contributed by atoms with Crippen molar-refractivity contribution in [3.63, 3.8) is 0 Å². The van der Waals surface area contributed by atoms with Gasteiger partial charge in [-0.2, -0.15) is 10.4 Å². The van der Waals surface area contributed by atoms with Gasteiger partial charge in [-0.3, -0.25) is 4.79 Å². The third-order valence-corrected chi connectivity index (χ3v) is 5.94. The highest BCUT2D eigenvalue weighted by atomic mass is 16.1. The Kier molecular flexibility index (Phi) is 4.52. The highest BCUT2D eigenvalue weighted by Gasteiger charge is 2.37. The number of nitrogen functional groups attached to an aromatic ring is 1. The zero-order valence-corrected chi connectivity index (χ0v) is 16.7. The zero-order chi connectivity index (χ0) is 21.5. The minimum Gasteiger partial charge on any atom is -0.381 e. The first-order valence-electron chi connectivity index (χ1n) is 10.1. The van der Waals surface area contributed by atoms with E-state index in [0.29, 0.717) is 23.3 Å². The van der Waals surface area contributed by atoms with E-state index < -0.39 is 5.91 Å². The first kappa shape index (κ1) is 19.0. The second-order valence-corrected chi connectivity index (χ2v) is 7.80. The first-order valence-corrected chi connectivity index (χ1v) is 10.1. The van der Waals surface area contributed by atoms with Gasteiger partial charge in [0.15, 0.2) is 11.6 Å². The Morgan fingerprint density at radius 2 is 2.00 bits per heavy atom. The summed E-state index contributed by atoms with van der Waals surface area (Å²) in [7, 11) is 0. The van der Waals surface area contributed by atoms with Gasteiger partial charge in [-0.05, 0) is 25.0 Å². The molecule has 10 heteroatoms. The minimum atomic E-state index is -0.593. The number of fused-ring (bicyclic) bond motifs is 2. The fourth-order valence-electron chi connectivity index (χ4n) is 4.44. The number of nitrogens with one attached hydrogen (secondary N) is 1. The Balaban J connectivity index is 1.52. The highest BCUT2D eigenvalue weighted by Crippen LogP contribution is 2.36. The standard InChI is InChI=1S/C21H21N9O/c22-6-13-5-12(1-4-18(13)30-15-2-3-16(30)9-25-8-15)17-10-26-19(23)21(28-17)29-11-14(7-27-29)20(24)31/h1,4-5,7,10-11,15-16,25H,2-3,8-9H2,(H2,23,26)(H2,24,31)/t15-,16+. The maximum Gasteiger partial charge on any atom is 0.251 e. The molecule has 156 valence electrons. The molecular formula is C21H21N9O. The molecule has 2 atom stereocenters. The minimum absolute atomic E-state index is 0.164. The zero-order valence-electron chi connectivity index (χ0n) is 16.7. The maximum atomic E-state index is 11.4. The van der Waals surface area contributed by atoms with Crippen LogP contribution in [-0.2, 0) is 0 Å². The molecule has 0 aliphatic carbocycles. The van der Waals surface area contributed by atoms with Crippen molar-refractivity contribution >= 4 is 17.4 Å². The number of amides is 1. The predicted molar refractivity (Wildman–Crippen MR) is 114 cm³/mol. The molecule has 2 aliphatic heterocycles. The topological polar surface area (TPSA) is 152 Å². The van der Waals surface area contributed by atoms with Gasteiger partial charge < -0.3 is 21.7 Å². The summed E-state index contributed by atoms with van der Waals surface area (Å²) in [6.07, 6.45) is 6.63. The maximum absolute atomic E-state index is 11.4. The number of benzene rings is 1. The van der Waals surface area contributed by atoms with E-state index in [-0.39, 0.29) is 17.2 Å². The van der Waals surface area contributed by atoms with E-state index in [0.717, 1.165) is 37.2 Å². The molecule has 4 heterocycles. The number of primary amides is 1. The molecule has 3 aromatic rings. The number of aromatic nitrogens is 4. The number of nitrogens with two attached hydrogens (primary N) is 2. The fourth-order valence-corrected chi connectivity index (χ4v) is 4.44. The average molecular weight is 415 g/mol. The quantitative estimate of drug-likeness (QED) is 0.566. The van der Waals surface area contributed by atoms with Gasteiger partial charge >= 0.3 is 0 Å². The number of piperazine rings is 1. The summed E-state index contributed by atoms with van der Waals surface area (Å²) in [4.78, 5) is 22.5. The van der Waals surface area contributed by atoms with Crippen LogP contribution >= 0.6 is 0 Å². The Hall–Kier alpha value is -3.97. The lowest BCUT2D eigenvalue weighted by Crippen LogP contribution is -2.52. The van der Waals surface area contributed by atoms with E-state index in [1.807, 2.05) is 18.2 Å².